The maximum Gasteiger partial charge on any atom is 0.120 e. The molecule has 0 heterocycles. The number of benzene rings is 2. The summed E-state index contributed by atoms with van der Waals surface area (Å²) in [7, 11) is 1.55. The molecule has 0 amide bonds. The third-order valence-electron chi connectivity index (χ3n) is 2.74. The average Bonchev–Trinajstić information content (AvgIpc) is 2.47. The molecule has 2 aromatic rings. The zero-order chi connectivity index (χ0) is 14.4. The number of ether oxygens (including phenoxy) is 1. The van der Waals surface area contributed by atoms with Crippen LogP contribution in [0.5, 0.6) is 5.75 Å². The molecular weight excluding hydrogens is 318 g/mol. The van der Waals surface area contributed by atoms with E-state index < -0.39 is 0 Å². The molecule has 0 radical (unpaired) electrons. The van der Waals surface area contributed by atoms with Gasteiger partial charge in [0.25, 0.3) is 0 Å². The van der Waals surface area contributed by atoms with Crippen molar-refractivity contribution in [2.45, 2.75) is 6.61 Å². The second-order valence-corrected chi connectivity index (χ2v) is 5.06. The first-order valence-electron chi connectivity index (χ1n) is 6.15. The number of rotatable bonds is 6. The third kappa shape index (κ3) is 3.85. The molecule has 0 fully saturated rings. The van der Waals surface area contributed by atoms with Crippen molar-refractivity contribution in [1.82, 2.24) is 5.48 Å². The molecule has 0 unspecified atom stereocenters. The zero-order valence-corrected chi connectivity index (χ0v) is 12.8. The fraction of sp³-hybridized carbons (Fsp3) is 0.125. The molecule has 0 saturated carbocycles. The summed E-state index contributed by atoms with van der Waals surface area (Å²) in [6, 6.07) is 15.8. The predicted octanol–water partition coefficient (Wildman–Crippen LogP) is 4.15. The molecule has 2 rings (SSSR count). The highest BCUT2D eigenvalue weighted by atomic mass is 79.9. The quantitative estimate of drug-likeness (QED) is 0.805. The molecule has 0 atom stereocenters. The van der Waals surface area contributed by atoms with Gasteiger partial charge in [0.1, 0.15) is 12.4 Å². The van der Waals surface area contributed by atoms with Gasteiger partial charge < -0.3 is 4.74 Å². The number of nitrogens with one attached hydrogen (secondary N) is 1. The van der Waals surface area contributed by atoms with Crippen LogP contribution in [-0.4, -0.2) is 7.11 Å². The summed E-state index contributed by atoms with van der Waals surface area (Å²) in [6.45, 7) is 4.45. The molecule has 2 aromatic carbocycles. The van der Waals surface area contributed by atoms with Crippen LogP contribution in [0.1, 0.15) is 11.1 Å². The SMILES string of the molecule is C=C(NOC)c1cc(OCc2ccccc2)ccc1Br. The molecule has 1 N–H and O–H groups in total. The number of hydrogen-bond acceptors (Lipinski definition) is 3. The van der Waals surface area contributed by atoms with Crippen LogP contribution in [0.15, 0.2) is 59.6 Å². The van der Waals surface area contributed by atoms with Gasteiger partial charge in [-0.15, -0.1) is 0 Å². The molecule has 20 heavy (non-hydrogen) atoms. The summed E-state index contributed by atoms with van der Waals surface area (Å²) in [4.78, 5) is 4.87. The van der Waals surface area contributed by atoms with E-state index in [1.807, 2.05) is 48.5 Å². The van der Waals surface area contributed by atoms with Crippen LogP contribution < -0.4 is 10.2 Å². The summed E-state index contributed by atoms with van der Waals surface area (Å²) in [5, 5.41) is 0. The summed E-state index contributed by atoms with van der Waals surface area (Å²) < 4.78 is 6.72. The Labute approximate surface area is 127 Å². The van der Waals surface area contributed by atoms with Crippen LogP contribution in [0.2, 0.25) is 0 Å². The third-order valence-corrected chi connectivity index (χ3v) is 3.43. The molecule has 104 valence electrons. The molecule has 3 nitrogen and oxygen atoms in total. The van der Waals surface area contributed by atoms with Crippen LogP contribution in [0, 0.1) is 0 Å². The highest BCUT2D eigenvalue weighted by Crippen LogP contribution is 2.27. The van der Waals surface area contributed by atoms with Gasteiger partial charge in [0.15, 0.2) is 0 Å². The highest BCUT2D eigenvalue weighted by molar-refractivity contribution is 9.10. The normalized spacial score (nSPS) is 10.1. The second kappa shape index (κ2) is 7.12. The Morgan fingerprint density at radius 3 is 2.65 bits per heavy atom. The van der Waals surface area contributed by atoms with Crippen molar-refractivity contribution in [3.63, 3.8) is 0 Å². The molecule has 0 aliphatic heterocycles. The highest BCUT2D eigenvalue weighted by Gasteiger charge is 2.06. The number of hydrogen-bond donors (Lipinski definition) is 1. The van der Waals surface area contributed by atoms with Crippen molar-refractivity contribution in [3.05, 3.63) is 70.7 Å². The van der Waals surface area contributed by atoms with E-state index in [-0.39, 0.29) is 0 Å². The van der Waals surface area contributed by atoms with Crippen LogP contribution in [-0.2, 0) is 11.4 Å². The monoisotopic (exact) mass is 333 g/mol. The van der Waals surface area contributed by atoms with Crippen molar-refractivity contribution >= 4 is 21.6 Å². The summed E-state index contributed by atoms with van der Waals surface area (Å²) in [5.74, 6) is 0.783. The number of halogens is 1. The van der Waals surface area contributed by atoms with Gasteiger partial charge >= 0.3 is 0 Å². The van der Waals surface area contributed by atoms with E-state index in [2.05, 4.69) is 28.0 Å². The standard InChI is InChI=1S/C16H16BrNO2/c1-12(18-19-2)15-10-14(8-9-16(15)17)20-11-13-6-4-3-5-7-13/h3-10,18H,1,11H2,2H3. The van der Waals surface area contributed by atoms with E-state index in [0.29, 0.717) is 12.3 Å². The van der Waals surface area contributed by atoms with Crippen molar-refractivity contribution in [2.75, 3.05) is 7.11 Å². The van der Waals surface area contributed by atoms with Gasteiger partial charge in [-0.1, -0.05) is 52.8 Å². The van der Waals surface area contributed by atoms with E-state index in [9.17, 15) is 0 Å². The predicted molar refractivity (Wildman–Crippen MR) is 84.1 cm³/mol. The van der Waals surface area contributed by atoms with Crippen molar-refractivity contribution < 1.29 is 9.57 Å². The van der Waals surface area contributed by atoms with E-state index in [0.717, 1.165) is 21.3 Å². The van der Waals surface area contributed by atoms with Gasteiger partial charge in [-0.3, -0.25) is 10.3 Å². The fourth-order valence-electron chi connectivity index (χ4n) is 1.74. The Morgan fingerprint density at radius 1 is 1.20 bits per heavy atom. The molecule has 4 heteroatoms. The lowest BCUT2D eigenvalue weighted by molar-refractivity contribution is 0.137. The van der Waals surface area contributed by atoms with E-state index in [1.54, 1.807) is 7.11 Å². The minimum absolute atomic E-state index is 0.534. The van der Waals surface area contributed by atoms with Gasteiger partial charge in [0, 0.05) is 10.0 Å². The Hall–Kier alpha value is -1.78. The lowest BCUT2D eigenvalue weighted by Crippen LogP contribution is -2.09. The van der Waals surface area contributed by atoms with Crippen molar-refractivity contribution in [3.8, 4) is 5.75 Å². The molecular formula is C16H16BrNO2. The summed E-state index contributed by atoms with van der Waals surface area (Å²) in [6.07, 6.45) is 0. The van der Waals surface area contributed by atoms with Gasteiger partial charge in [-0.2, -0.15) is 0 Å². The molecule has 0 spiro atoms. The van der Waals surface area contributed by atoms with Gasteiger partial charge in [-0.05, 0) is 23.8 Å². The summed E-state index contributed by atoms with van der Waals surface area (Å²) in [5.41, 5.74) is 5.43. The Kier molecular flexibility index (Phi) is 5.21. The first-order chi connectivity index (χ1) is 9.70. The first kappa shape index (κ1) is 14.6. The Bertz CT molecular complexity index is 584. The first-order valence-corrected chi connectivity index (χ1v) is 6.94. The number of hydroxylamine groups is 1. The van der Waals surface area contributed by atoms with Crippen molar-refractivity contribution in [2.24, 2.45) is 0 Å². The minimum Gasteiger partial charge on any atom is -0.489 e. The van der Waals surface area contributed by atoms with Gasteiger partial charge in [0.05, 0.1) is 12.8 Å². The molecule has 0 aliphatic carbocycles. The molecule has 0 bridgehead atoms. The van der Waals surface area contributed by atoms with Crippen LogP contribution >= 0.6 is 15.9 Å². The van der Waals surface area contributed by atoms with Crippen LogP contribution in [0.4, 0.5) is 0 Å². The Balaban J connectivity index is 2.09. The zero-order valence-electron chi connectivity index (χ0n) is 11.2. The minimum atomic E-state index is 0.534. The largest absolute Gasteiger partial charge is 0.489 e. The van der Waals surface area contributed by atoms with E-state index >= 15 is 0 Å². The summed E-state index contributed by atoms with van der Waals surface area (Å²) >= 11 is 3.49. The fourth-order valence-corrected chi connectivity index (χ4v) is 2.23. The maximum absolute atomic E-state index is 5.79. The van der Waals surface area contributed by atoms with E-state index in [1.165, 1.54) is 0 Å². The van der Waals surface area contributed by atoms with Gasteiger partial charge in [-0.25, -0.2) is 0 Å². The maximum atomic E-state index is 5.79. The topological polar surface area (TPSA) is 30.5 Å². The van der Waals surface area contributed by atoms with Crippen LogP contribution in [0.3, 0.4) is 0 Å². The molecule has 0 aromatic heterocycles. The lowest BCUT2D eigenvalue weighted by atomic mass is 10.1. The Morgan fingerprint density at radius 2 is 1.95 bits per heavy atom. The molecule has 0 aliphatic rings. The van der Waals surface area contributed by atoms with Crippen molar-refractivity contribution in [1.29, 1.82) is 0 Å². The molecule has 0 saturated heterocycles. The average molecular weight is 334 g/mol. The van der Waals surface area contributed by atoms with Crippen LogP contribution in [0.25, 0.3) is 5.70 Å². The van der Waals surface area contributed by atoms with E-state index in [4.69, 9.17) is 9.57 Å². The second-order valence-electron chi connectivity index (χ2n) is 4.20. The smallest absolute Gasteiger partial charge is 0.120 e. The lowest BCUT2D eigenvalue weighted by Gasteiger charge is -2.12. The van der Waals surface area contributed by atoms with Gasteiger partial charge in [0.2, 0.25) is 0 Å².